The van der Waals surface area contributed by atoms with Crippen LogP contribution < -0.4 is 0 Å². The average Bonchev–Trinajstić information content (AvgIpc) is 2.32. The number of fused-ring (bicyclic) bond motifs is 1. The number of hydrogen-bond acceptors (Lipinski definition) is 2. The Hall–Kier alpha value is -1.44. The van der Waals surface area contributed by atoms with E-state index in [9.17, 15) is 9.59 Å². The Morgan fingerprint density at radius 1 is 0.733 bits per heavy atom. The second-order valence-corrected chi connectivity index (χ2v) is 3.97. The maximum atomic E-state index is 11.4. The van der Waals surface area contributed by atoms with Crippen LogP contribution in [0.3, 0.4) is 0 Å². The minimum absolute atomic E-state index is 0.192. The summed E-state index contributed by atoms with van der Waals surface area (Å²) in [4.78, 5) is 22.7. The van der Waals surface area contributed by atoms with E-state index in [4.69, 9.17) is 0 Å². The van der Waals surface area contributed by atoms with Crippen molar-refractivity contribution < 1.29 is 9.59 Å². The quantitative estimate of drug-likeness (QED) is 0.604. The second-order valence-electron chi connectivity index (χ2n) is 3.97. The molecule has 2 heteroatoms. The molecule has 0 spiro atoms. The van der Waals surface area contributed by atoms with Gasteiger partial charge in [-0.3, -0.25) is 9.59 Å². The number of aryl methyl sites for hydroxylation is 2. The third-order valence-electron chi connectivity index (χ3n) is 2.90. The molecule has 0 atom stereocenters. The first kappa shape index (κ1) is 10.1. The molecule has 2 nitrogen and oxygen atoms in total. The van der Waals surface area contributed by atoms with Crippen molar-refractivity contribution in [2.75, 3.05) is 0 Å². The van der Waals surface area contributed by atoms with Crippen LogP contribution in [-0.4, -0.2) is 11.6 Å². The van der Waals surface area contributed by atoms with Crippen molar-refractivity contribution in [3.05, 3.63) is 35.4 Å². The summed E-state index contributed by atoms with van der Waals surface area (Å²) in [6, 6.07) is 8.15. The van der Waals surface area contributed by atoms with Gasteiger partial charge in [-0.1, -0.05) is 24.3 Å². The van der Waals surface area contributed by atoms with Gasteiger partial charge in [0.05, 0.1) is 0 Å². The van der Waals surface area contributed by atoms with Gasteiger partial charge in [0, 0.05) is 12.8 Å². The number of carbonyl (C=O) groups excluding carboxylic acids is 2. The third kappa shape index (κ3) is 2.32. The fraction of sp³-hybridized carbons (Fsp3) is 0.385. The molecule has 1 aromatic carbocycles. The van der Waals surface area contributed by atoms with Gasteiger partial charge in [0.15, 0.2) is 11.6 Å². The zero-order valence-electron chi connectivity index (χ0n) is 8.66. The van der Waals surface area contributed by atoms with E-state index in [2.05, 4.69) is 12.1 Å². The van der Waals surface area contributed by atoms with E-state index >= 15 is 0 Å². The first-order valence-corrected chi connectivity index (χ1v) is 5.40. The number of ketones is 2. The highest BCUT2D eigenvalue weighted by atomic mass is 16.2. The van der Waals surface area contributed by atoms with Crippen LogP contribution in [0.1, 0.15) is 30.4 Å². The molecule has 0 aliphatic heterocycles. The Labute approximate surface area is 89.3 Å². The Balaban J connectivity index is 2.24. The lowest BCUT2D eigenvalue weighted by Gasteiger charge is -2.05. The Morgan fingerprint density at radius 3 is 2.07 bits per heavy atom. The number of benzene rings is 1. The molecule has 0 aromatic heterocycles. The fourth-order valence-electron chi connectivity index (χ4n) is 2.01. The standard InChI is InChI=1S/C13H14O2/c14-12-7-3-6-10-4-1-2-5-11(10)8-9-13(12)15/h1-2,4-5H,3,6-9H2. The lowest BCUT2D eigenvalue weighted by Crippen LogP contribution is -2.13. The van der Waals surface area contributed by atoms with Crippen LogP contribution in [0.15, 0.2) is 24.3 Å². The van der Waals surface area contributed by atoms with Crippen LogP contribution >= 0.6 is 0 Å². The molecule has 0 N–H and O–H groups in total. The Kier molecular flexibility index (Phi) is 2.95. The molecule has 1 aliphatic rings. The van der Waals surface area contributed by atoms with E-state index in [0.717, 1.165) is 12.8 Å². The molecule has 0 saturated carbocycles. The molecule has 0 heterocycles. The molecule has 1 aliphatic carbocycles. The molecular formula is C13H14O2. The summed E-state index contributed by atoms with van der Waals surface area (Å²) < 4.78 is 0. The summed E-state index contributed by atoms with van der Waals surface area (Å²) in [7, 11) is 0. The van der Waals surface area contributed by atoms with Crippen LogP contribution in [0.25, 0.3) is 0 Å². The SMILES string of the molecule is O=C1CCCc2ccccc2CCC1=O. The Morgan fingerprint density at radius 2 is 1.33 bits per heavy atom. The summed E-state index contributed by atoms with van der Waals surface area (Å²) in [6.07, 6.45) is 3.19. The predicted octanol–water partition coefficient (Wildman–Crippen LogP) is 2.09. The highest BCUT2D eigenvalue weighted by Crippen LogP contribution is 2.16. The van der Waals surface area contributed by atoms with E-state index in [1.807, 2.05) is 12.1 Å². The van der Waals surface area contributed by atoms with Crippen molar-refractivity contribution >= 4 is 11.6 Å². The van der Waals surface area contributed by atoms with Crippen LogP contribution in [0.5, 0.6) is 0 Å². The van der Waals surface area contributed by atoms with Gasteiger partial charge in [-0.25, -0.2) is 0 Å². The van der Waals surface area contributed by atoms with Gasteiger partial charge in [-0.15, -0.1) is 0 Å². The zero-order valence-corrected chi connectivity index (χ0v) is 8.66. The molecule has 0 saturated heterocycles. The predicted molar refractivity (Wildman–Crippen MR) is 57.7 cm³/mol. The molecule has 15 heavy (non-hydrogen) atoms. The highest BCUT2D eigenvalue weighted by molar-refractivity contribution is 6.37. The molecule has 1 aromatic rings. The van der Waals surface area contributed by atoms with Crippen molar-refractivity contribution in [1.29, 1.82) is 0 Å². The smallest absolute Gasteiger partial charge is 0.198 e. The van der Waals surface area contributed by atoms with Gasteiger partial charge in [0.2, 0.25) is 0 Å². The third-order valence-corrected chi connectivity index (χ3v) is 2.90. The average molecular weight is 202 g/mol. The molecule has 0 unspecified atom stereocenters. The first-order valence-electron chi connectivity index (χ1n) is 5.40. The summed E-state index contributed by atoms with van der Waals surface area (Å²) >= 11 is 0. The van der Waals surface area contributed by atoms with E-state index in [-0.39, 0.29) is 11.6 Å². The van der Waals surface area contributed by atoms with Crippen LogP contribution in [-0.2, 0) is 22.4 Å². The van der Waals surface area contributed by atoms with Gasteiger partial charge >= 0.3 is 0 Å². The molecule has 0 bridgehead atoms. The van der Waals surface area contributed by atoms with Crippen molar-refractivity contribution in [2.24, 2.45) is 0 Å². The van der Waals surface area contributed by atoms with Gasteiger partial charge < -0.3 is 0 Å². The van der Waals surface area contributed by atoms with Crippen molar-refractivity contribution in [3.63, 3.8) is 0 Å². The van der Waals surface area contributed by atoms with Crippen LogP contribution in [0.2, 0.25) is 0 Å². The number of hydrogen-bond donors (Lipinski definition) is 0. The maximum absolute atomic E-state index is 11.4. The van der Waals surface area contributed by atoms with E-state index in [1.165, 1.54) is 11.1 Å². The largest absolute Gasteiger partial charge is 0.291 e. The summed E-state index contributed by atoms with van der Waals surface area (Å²) in [5.74, 6) is -0.394. The summed E-state index contributed by atoms with van der Waals surface area (Å²) in [6.45, 7) is 0. The van der Waals surface area contributed by atoms with Crippen LogP contribution in [0.4, 0.5) is 0 Å². The maximum Gasteiger partial charge on any atom is 0.198 e. The van der Waals surface area contributed by atoms with Crippen molar-refractivity contribution in [1.82, 2.24) is 0 Å². The Bertz CT molecular complexity index is 393. The molecule has 0 amide bonds. The summed E-state index contributed by atoms with van der Waals surface area (Å²) in [5, 5.41) is 0. The zero-order chi connectivity index (χ0) is 10.7. The topological polar surface area (TPSA) is 34.1 Å². The summed E-state index contributed by atoms with van der Waals surface area (Å²) in [5.41, 5.74) is 2.51. The molecule has 0 fully saturated rings. The lowest BCUT2D eigenvalue weighted by atomic mass is 10.00. The highest BCUT2D eigenvalue weighted by Gasteiger charge is 2.16. The molecule has 0 radical (unpaired) electrons. The fourth-order valence-corrected chi connectivity index (χ4v) is 2.01. The monoisotopic (exact) mass is 202 g/mol. The van der Waals surface area contributed by atoms with Gasteiger partial charge in [0.25, 0.3) is 0 Å². The number of Topliss-reactive ketones (excluding diaryl/α,β-unsaturated/α-hetero) is 2. The molecule has 78 valence electrons. The van der Waals surface area contributed by atoms with E-state index in [0.29, 0.717) is 19.3 Å². The van der Waals surface area contributed by atoms with Gasteiger partial charge in [-0.05, 0) is 30.4 Å². The second kappa shape index (κ2) is 4.39. The van der Waals surface area contributed by atoms with E-state index < -0.39 is 0 Å². The van der Waals surface area contributed by atoms with Crippen molar-refractivity contribution in [3.8, 4) is 0 Å². The molecular weight excluding hydrogens is 188 g/mol. The minimum atomic E-state index is -0.202. The molecule has 2 rings (SSSR count). The van der Waals surface area contributed by atoms with Gasteiger partial charge in [0.1, 0.15) is 0 Å². The number of carbonyl (C=O) groups is 2. The van der Waals surface area contributed by atoms with Gasteiger partial charge in [-0.2, -0.15) is 0 Å². The van der Waals surface area contributed by atoms with Crippen molar-refractivity contribution in [2.45, 2.75) is 32.1 Å². The number of rotatable bonds is 0. The normalized spacial score (nSPS) is 17.6. The van der Waals surface area contributed by atoms with E-state index in [1.54, 1.807) is 0 Å². The lowest BCUT2D eigenvalue weighted by molar-refractivity contribution is -0.136. The van der Waals surface area contributed by atoms with Crippen LogP contribution in [0, 0.1) is 0 Å². The first-order chi connectivity index (χ1) is 7.27. The minimum Gasteiger partial charge on any atom is -0.291 e.